The topological polar surface area (TPSA) is 92.6 Å². The number of hydrogen-bond donors (Lipinski definition) is 3. The Balaban J connectivity index is 1.65. The average Bonchev–Trinajstić information content (AvgIpc) is 2.81. The van der Waals surface area contributed by atoms with Gasteiger partial charge < -0.3 is 19.8 Å². The van der Waals surface area contributed by atoms with E-state index in [9.17, 15) is 9.59 Å². The minimum absolute atomic E-state index is 0.0334. The number of amides is 2. The number of carbonyl (C=O) groups is 1. The molecule has 0 bridgehead atoms. The van der Waals surface area contributed by atoms with Gasteiger partial charge in [0.2, 0.25) is 0 Å². The number of para-hydroxylation sites is 3. The summed E-state index contributed by atoms with van der Waals surface area (Å²) < 4.78 is 11.0. The van der Waals surface area contributed by atoms with Gasteiger partial charge in [-0.1, -0.05) is 54.6 Å². The van der Waals surface area contributed by atoms with Gasteiger partial charge in [-0.25, -0.2) is 9.59 Å². The molecular formula is C25H23N3O4. The van der Waals surface area contributed by atoms with Crippen LogP contribution in [0.5, 0.6) is 5.75 Å². The molecule has 0 spiro atoms. The van der Waals surface area contributed by atoms with Gasteiger partial charge in [-0.05, 0) is 36.8 Å². The molecule has 7 nitrogen and oxygen atoms in total. The quantitative estimate of drug-likeness (QED) is 0.340. The summed E-state index contributed by atoms with van der Waals surface area (Å²) in [6.45, 7) is 2.79. The van der Waals surface area contributed by atoms with Gasteiger partial charge in [-0.2, -0.15) is 0 Å². The zero-order chi connectivity index (χ0) is 22.3. The van der Waals surface area contributed by atoms with Crippen LogP contribution in [-0.2, 0) is 6.54 Å². The van der Waals surface area contributed by atoms with Crippen molar-refractivity contribution in [2.75, 3.05) is 22.6 Å². The molecule has 4 aromatic rings. The lowest BCUT2D eigenvalue weighted by Crippen LogP contribution is -2.24. The monoisotopic (exact) mass is 429 g/mol. The van der Waals surface area contributed by atoms with Gasteiger partial charge in [-0.15, -0.1) is 0 Å². The molecule has 4 rings (SSSR count). The number of hydrogen-bond acceptors (Lipinski definition) is 5. The van der Waals surface area contributed by atoms with E-state index in [4.69, 9.17) is 9.15 Å². The van der Waals surface area contributed by atoms with E-state index in [1.807, 2.05) is 55.5 Å². The largest absolute Gasteiger partial charge is 0.492 e. The second-order valence-electron chi connectivity index (χ2n) is 6.98. The summed E-state index contributed by atoms with van der Waals surface area (Å²) in [6, 6.07) is 23.5. The first-order valence-corrected chi connectivity index (χ1v) is 10.3. The highest BCUT2D eigenvalue weighted by molar-refractivity contribution is 6.06. The summed E-state index contributed by atoms with van der Waals surface area (Å²) in [5.74, 6) is 0.540. The van der Waals surface area contributed by atoms with Crippen LogP contribution >= 0.6 is 0 Å². The third-order valence-corrected chi connectivity index (χ3v) is 4.80. The minimum Gasteiger partial charge on any atom is -0.492 e. The van der Waals surface area contributed by atoms with E-state index in [1.54, 1.807) is 30.3 Å². The number of nitrogens with one attached hydrogen (secondary N) is 3. The van der Waals surface area contributed by atoms with Gasteiger partial charge in [-0.3, -0.25) is 5.32 Å². The molecule has 0 fully saturated rings. The van der Waals surface area contributed by atoms with Crippen LogP contribution in [0.15, 0.2) is 88.1 Å². The fourth-order valence-electron chi connectivity index (χ4n) is 3.35. The number of benzene rings is 3. The highest BCUT2D eigenvalue weighted by Gasteiger charge is 2.18. The molecule has 0 saturated heterocycles. The Morgan fingerprint density at radius 2 is 1.59 bits per heavy atom. The van der Waals surface area contributed by atoms with E-state index >= 15 is 0 Å². The Bertz CT molecular complexity index is 1290. The van der Waals surface area contributed by atoms with Crippen molar-refractivity contribution in [3.05, 3.63) is 94.8 Å². The summed E-state index contributed by atoms with van der Waals surface area (Å²) in [5, 5.41) is 9.36. The Hall–Kier alpha value is -4.26. The van der Waals surface area contributed by atoms with Crippen LogP contribution in [0.2, 0.25) is 0 Å². The number of carbonyl (C=O) groups excluding carboxylic acids is 1. The molecule has 2 amide bonds. The van der Waals surface area contributed by atoms with E-state index in [0.717, 1.165) is 5.56 Å². The molecule has 0 radical (unpaired) electrons. The number of rotatable bonds is 7. The zero-order valence-corrected chi connectivity index (χ0v) is 17.6. The molecule has 0 aliphatic carbocycles. The maximum atomic E-state index is 12.8. The molecule has 32 heavy (non-hydrogen) atoms. The van der Waals surface area contributed by atoms with Crippen molar-refractivity contribution in [2.24, 2.45) is 0 Å². The first-order valence-electron chi connectivity index (χ1n) is 10.3. The molecule has 0 aliphatic rings. The Morgan fingerprint density at radius 1 is 0.875 bits per heavy atom. The molecule has 7 heteroatoms. The summed E-state index contributed by atoms with van der Waals surface area (Å²) in [5.41, 5.74) is 1.84. The molecule has 1 aromatic heterocycles. The fourth-order valence-corrected chi connectivity index (χ4v) is 3.35. The van der Waals surface area contributed by atoms with Crippen LogP contribution in [0.4, 0.5) is 21.9 Å². The second kappa shape index (κ2) is 9.70. The fraction of sp³-hybridized carbons (Fsp3) is 0.120. The van der Waals surface area contributed by atoms with Crippen molar-refractivity contribution >= 4 is 34.1 Å². The van der Waals surface area contributed by atoms with Crippen molar-refractivity contribution < 1.29 is 13.9 Å². The predicted octanol–water partition coefficient (Wildman–Crippen LogP) is 5.45. The van der Waals surface area contributed by atoms with Gasteiger partial charge in [0.15, 0.2) is 5.69 Å². The molecule has 0 unspecified atom stereocenters. The maximum absolute atomic E-state index is 12.8. The van der Waals surface area contributed by atoms with Gasteiger partial charge >= 0.3 is 11.7 Å². The lowest BCUT2D eigenvalue weighted by molar-refractivity contribution is 0.262. The van der Waals surface area contributed by atoms with Crippen molar-refractivity contribution in [1.29, 1.82) is 0 Å². The first-order chi connectivity index (χ1) is 15.7. The first kappa shape index (κ1) is 21.0. The summed E-state index contributed by atoms with van der Waals surface area (Å²) in [4.78, 5) is 25.5. The SMILES string of the molecule is CCOc1ccccc1NC(=O)Nc1c(NCc2ccccc2)c2ccccc2oc1=O. The predicted molar refractivity (Wildman–Crippen MR) is 127 cm³/mol. The lowest BCUT2D eigenvalue weighted by atomic mass is 10.1. The van der Waals surface area contributed by atoms with E-state index in [1.165, 1.54) is 0 Å². The van der Waals surface area contributed by atoms with Crippen LogP contribution in [0, 0.1) is 0 Å². The summed E-state index contributed by atoms with van der Waals surface area (Å²) >= 11 is 0. The average molecular weight is 429 g/mol. The van der Waals surface area contributed by atoms with Gasteiger partial charge in [0.1, 0.15) is 11.3 Å². The van der Waals surface area contributed by atoms with E-state index in [0.29, 0.717) is 41.2 Å². The van der Waals surface area contributed by atoms with Gasteiger partial charge in [0.05, 0.1) is 18.0 Å². The smallest absolute Gasteiger partial charge is 0.362 e. The van der Waals surface area contributed by atoms with Crippen LogP contribution in [0.1, 0.15) is 12.5 Å². The normalized spacial score (nSPS) is 10.5. The maximum Gasteiger partial charge on any atom is 0.362 e. The third-order valence-electron chi connectivity index (χ3n) is 4.80. The Kier molecular flexibility index (Phi) is 6.36. The van der Waals surface area contributed by atoms with E-state index < -0.39 is 11.7 Å². The highest BCUT2D eigenvalue weighted by atomic mass is 16.5. The molecular weight excluding hydrogens is 406 g/mol. The van der Waals surface area contributed by atoms with E-state index in [-0.39, 0.29) is 5.69 Å². The number of urea groups is 1. The second-order valence-corrected chi connectivity index (χ2v) is 6.98. The molecule has 0 aliphatic heterocycles. The van der Waals surface area contributed by atoms with Crippen molar-refractivity contribution in [3.63, 3.8) is 0 Å². The van der Waals surface area contributed by atoms with Gasteiger partial charge in [0, 0.05) is 11.9 Å². The lowest BCUT2D eigenvalue weighted by Gasteiger charge is -2.16. The van der Waals surface area contributed by atoms with Crippen molar-refractivity contribution in [1.82, 2.24) is 0 Å². The summed E-state index contributed by atoms with van der Waals surface area (Å²) in [6.07, 6.45) is 0. The van der Waals surface area contributed by atoms with Crippen LogP contribution < -0.4 is 26.3 Å². The number of fused-ring (bicyclic) bond motifs is 1. The van der Waals surface area contributed by atoms with Crippen molar-refractivity contribution in [2.45, 2.75) is 13.5 Å². The number of ether oxygens (including phenoxy) is 1. The molecule has 1 heterocycles. The molecule has 3 N–H and O–H groups in total. The van der Waals surface area contributed by atoms with Crippen molar-refractivity contribution in [3.8, 4) is 5.75 Å². The standard InChI is InChI=1S/C25H23N3O4/c1-2-31-21-15-9-7-13-19(21)27-25(30)28-23-22(26-16-17-10-4-3-5-11-17)18-12-6-8-14-20(18)32-24(23)29/h3-15,26H,2,16H2,1H3,(H2,27,28,30). The molecule has 162 valence electrons. The summed E-state index contributed by atoms with van der Waals surface area (Å²) in [7, 11) is 0. The zero-order valence-electron chi connectivity index (χ0n) is 17.6. The van der Waals surface area contributed by atoms with Crippen LogP contribution in [0.25, 0.3) is 11.0 Å². The molecule has 0 saturated carbocycles. The van der Waals surface area contributed by atoms with Gasteiger partial charge in [0.25, 0.3) is 0 Å². The number of anilines is 3. The highest BCUT2D eigenvalue weighted by Crippen LogP contribution is 2.30. The minimum atomic E-state index is -0.646. The Labute approximate surface area is 185 Å². The van der Waals surface area contributed by atoms with Crippen LogP contribution in [-0.4, -0.2) is 12.6 Å². The molecule has 3 aromatic carbocycles. The van der Waals surface area contributed by atoms with Crippen LogP contribution in [0.3, 0.4) is 0 Å². The third kappa shape index (κ3) is 4.73. The molecule has 0 atom stereocenters. The van der Waals surface area contributed by atoms with E-state index in [2.05, 4.69) is 16.0 Å². The Morgan fingerprint density at radius 3 is 2.41 bits per heavy atom.